The molecule has 214 valence electrons. The largest absolute Gasteiger partial charge is 0.478 e. The van der Waals surface area contributed by atoms with Crippen molar-refractivity contribution in [2.24, 2.45) is 0 Å². The van der Waals surface area contributed by atoms with E-state index >= 15 is 4.39 Å². The van der Waals surface area contributed by atoms with E-state index in [-0.39, 0.29) is 18.8 Å². The second kappa shape index (κ2) is 11.5. The lowest BCUT2D eigenvalue weighted by Gasteiger charge is -2.33. The van der Waals surface area contributed by atoms with Gasteiger partial charge in [-0.05, 0) is 60.1 Å². The molecule has 1 aromatic carbocycles. The van der Waals surface area contributed by atoms with E-state index in [1.165, 1.54) is 34.3 Å². The lowest BCUT2D eigenvalue weighted by molar-refractivity contribution is -0.726. The van der Waals surface area contributed by atoms with Crippen molar-refractivity contribution in [1.29, 1.82) is 0 Å². The molecule has 39 heavy (non-hydrogen) atoms. The number of aromatic nitrogens is 5. The number of halogens is 2. The molecule has 0 radical (unpaired) electrons. The van der Waals surface area contributed by atoms with Gasteiger partial charge in [0, 0.05) is 28.8 Å². The molecule has 0 aliphatic rings. The van der Waals surface area contributed by atoms with E-state index in [9.17, 15) is 14.1 Å². The first-order valence-electron chi connectivity index (χ1n) is 12.4. The van der Waals surface area contributed by atoms with E-state index in [1.807, 2.05) is 0 Å². The monoisotopic (exact) mass is 568 g/mol. The fourth-order valence-electron chi connectivity index (χ4n) is 4.02. The molecule has 13 heteroatoms. The number of rotatable bonds is 10. The van der Waals surface area contributed by atoms with Crippen LogP contribution in [0.3, 0.4) is 0 Å². The maximum absolute atomic E-state index is 15.0. The molecular weight excluding hydrogens is 531 g/mol. The van der Waals surface area contributed by atoms with Crippen LogP contribution < -0.4 is 4.57 Å². The van der Waals surface area contributed by atoms with Crippen molar-refractivity contribution >= 4 is 7.82 Å². The zero-order valence-corrected chi connectivity index (χ0v) is 24.4. The van der Waals surface area contributed by atoms with Gasteiger partial charge in [-0.1, -0.05) is 13.0 Å². The molecule has 0 aliphatic carbocycles. The average molecular weight is 569 g/mol. The van der Waals surface area contributed by atoms with Crippen molar-refractivity contribution in [3.8, 4) is 0 Å². The van der Waals surface area contributed by atoms with E-state index in [0.717, 1.165) is 12.1 Å². The third-order valence-corrected chi connectivity index (χ3v) is 7.60. The Morgan fingerprint density at radius 2 is 1.77 bits per heavy atom. The molecule has 0 fully saturated rings. The normalized spacial score (nSPS) is 15.3. The van der Waals surface area contributed by atoms with Crippen LogP contribution in [-0.4, -0.2) is 36.1 Å². The van der Waals surface area contributed by atoms with Crippen molar-refractivity contribution in [3.63, 3.8) is 0 Å². The Kier molecular flexibility index (Phi) is 9.08. The Morgan fingerprint density at radius 1 is 1.13 bits per heavy atom. The summed E-state index contributed by atoms with van der Waals surface area (Å²) in [4.78, 5) is 8.29. The first-order chi connectivity index (χ1) is 17.9. The summed E-state index contributed by atoms with van der Waals surface area (Å²) in [5.74, 6) is -2.41. The molecule has 3 aromatic rings. The molecule has 0 saturated heterocycles. The minimum atomic E-state index is -3.99. The Morgan fingerprint density at radius 3 is 2.33 bits per heavy atom. The molecule has 0 amide bonds. The van der Waals surface area contributed by atoms with Gasteiger partial charge in [0.2, 0.25) is 6.33 Å². The Balaban J connectivity index is 1.91. The van der Waals surface area contributed by atoms with Gasteiger partial charge in [0.1, 0.15) is 30.1 Å². The van der Waals surface area contributed by atoms with Crippen molar-refractivity contribution in [2.45, 2.75) is 91.4 Å². The highest BCUT2D eigenvalue weighted by Gasteiger charge is 2.43. The summed E-state index contributed by atoms with van der Waals surface area (Å²) in [6.07, 6.45) is 5.82. The third kappa shape index (κ3) is 8.18. The predicted molar refractivity (Wildman–Crippen MR) is 138 cm³/mol. The number of benzene rings is 1. The molecule has 2 heterocycles. The topological polar surface area (TPSA) is 112 Å². The van der Waals surface area contributed by atoms with E-state index in [1.54, 1.807) is 61.6 Å². The highest BCUT2D eigenvalue weighted by Crippen LogP contribution is 2.55. The van der Waals surface area contributed by atoms with Gasteiger partial charge in [0.25, 0.3) is 6.33 Å². The van der Waals surface area contributed by atoms with Crippen LogP contribution in [0.2, 0.25) is 0 Å². The van der Waals surface area contributed by atoms with Gasteiger partial charge in [-0.15, -0.1) is 4.68 Å². The van der Waals surface area contributed by atoms with Gasteiger partial charge >= 0.3 is 7.82 Å². The molecule has 1 N–H and O–H groups in total. The van der Waals surface area contributed by atoms with Crippen molar-refractivity contribution in [3.05, 3.63) is 71.8 Å². The van der Waals surface area contributed by atoms with Crippen LogP contribution in [0.15, 0.2) is 43.4 Å². The van der Waals surface area contributed by atoms with Crippen molar-refractivity contribution in [2.75, 3.05) is 0 Å². The number of aryl methyl sites for hydroxylation is 1. The van der Waals surface area contributed by atoms with Gasteiger partial charge in [-0.25, -0.2) is 27.9 Å². The summed E-state index contributed by atoms with van der Waals surface area (Å²) in [5, 5.41) is 16.2. The van der Waals surface area contributed by atoms with Crippen LogP contribution in [0, 0.1) is 18.6 Å². The molecule has 0 spiro atoms. The molecule has 2 atom stereocenters. The van der Waals surface area contributed by atoms with Gasteiger partial charge in [0.15, 0.2) is 6.73 Å². The second-order valence-electron chi connectivity index (χ2n) is 11.4. The lowest BCUT2D eigenvalue weighted by Crippen LogP contribution is -2.39. The second-order valence-corrected chi connectivity index (χ2v) is 12.9. The third-order valence-electron chi connectivity index (χ3n) is 5.63. The molecular formula is C26H37F2N5O5P+. The average Bonchev–Trinajstić information content (AvgIpc) is 3.22. The van der Waals surface area contributed by atoms with Crippen LogP contribution in [-0.2, 0) is 37.0 Å². The predicted octanol–water partition coefficient (Wildman–Crippen LogP) is 4.95. The molecule has 0 saturated carbocycles. The van der Waals surface area contributed by atoms with Crippen LogP contribution in [0.1, 0.15) is 71.2 Å². The van der Waals surface area contributed by atoms with E-state index in [4.69, 9.17) is 13.6 Å². The first kappa shape index (κ1) is 30.9. The molecule has 3 rings (SSSR count). The van der Waals surface area contributed by atoms with Crippen LogP contribution in [0.25, 0.3) is 0 Å². The van der Waals surface area contributed by atoms with Crippen LogP contribution in [0.5, 0.6) is 0 Å². The number of phosphoric acid groups is 1. The highest BCUT2D eigenvalue weighted by molar-refractivity contribution is 7.48. The first-order valence-corrected chi connectivity index (χ1v) is 13.9. The van der Waals surface area contributed by atoms with Gasteiger partial charge < -0.3 is 5.11 Å². The lowest BCUT2D eigenvalue weighted by atomic mass is 9.79. The number of aliphatic hydroxyl groups is 1. The highest BCUT2D eigenvalue weighted by atomic mass is 31.2. The fourth-order valence-corrected chi connectivity index (χ4v) is 5.78. The van der Waals surface area contributed by atoms with Gasteiger partial charge in [-0.2, -0.15) is 0 Å². The fraction of sp³-hybridized carbons (Fsp3) is 0.538. The number of phosphoric ester groups is 1. The van der Waals surface area contributed by atoms with Gasteiger partial charge in [0.05, 0.1) is 16.9 Å². The maximum atomic E-state index is 15.0. The summed E-state index contributed by atoms with van der Waals surface area (Å²) in [6, 6.07) is 3.02. The summed E-state index contributed by atoms with van der Waals surface area (Å²) in [6.45, 7) is 13.4. The summed E-state index contributed by atoms with van der Waals surface area (Å²) >= 11 is 0. The number of hydrogen-bond donors (Lipinski definition) is 1. The number of hydrogen-bond acceptors (Lipinski definition) is 8. The summed E-state index contributed by atoms with van der Waals surface area (Å²) in [5.41, 5.74) is -2.42. The maximum Gasteiger partial charge on any atom is 0.478 e. The standard InChI is InChI=1S/C26H37F2N5O5P/c1-18-12-29-14-30-23(18)19(2)26(34,21-10-9-20(27)11-22(21)28)13-33-16-32(15-31-33)17-36-39(35,37-24(3,4)5)38-25(6,7)8/h9-12,14-16,19,34H,13,17H2,1-8H3/q+1/t19-,26+/m0/s1. The summed E-state index contributed by atoms with van der Waals surface area (Å²) in [7, 11) is -3.99. The minimum Gasteiger partial charge on any atom is -0.381 e. The molecule has 0 aliphatic heterocycles. The van der Waals surface area contributed by atoms with E-state index < -0.39 is 42.2 Å². The molecule has 2 aromatic heterocycles. The van der Waals surface area contributed by atoms with Gasteiger partial charge in [-0.3, -0.25) is 13.6 Å². The number of nitrogens with zero attached hydrogens (tertiary/aromatic N) is 5. The van der Waals surface area contributed by atoms with E-state index in [2.05, 4.69) is 15.1 Å². The molecule has 10 nitrogen and oxygen atoms in total. The Hall–Kier alpha value is -2.63. The SMILES string of the molecule is Cc1cncnc1[C@H](C)[C@](O)(Cn1c[n+](COP(=O)(OC(C)(C)C)OC(C)(C)C)cn1)c1ccc(F)cc1F. The zero-order chi connectivity index (χ0) is 29.2. The van der Waals surface area contributed by atoms with Crippen LogP contribution in [0.4, 0.5) is 8.78 Å². The minimum absolute atomic E-state index is 0.116. The quantitative estimate of drug-likeness (QED) is 0.270. The van der Waals surface area contributed by atoms with E-state index in [0.29, 0.717) is 11.3 Å². The molecule has 0 unspecified atom stereocenters. The van der Waals surface area contributed by atoms with Crippen molar-refractivity contribution < 1.29 is 36.6 Å². The summed E-state index contributed by atoms with van der Waals surface area (Å²) < 4.78 is 61.8. The smallest absolute Gasteiger partial charge is 0.381 e. The Bertz CT molecular complexity index is 1320. The zero-order valence-electron chi connectivity index (χ0n) is 23.6. The van der Waals surface area contributed by atoms with Crippen molar-refractivity contribution in [1.82, 2.24) is 19.7 Å². The Labute approximate surface area is 227 Å². The molecule has 0 bridgehead atoms. The van der Waals surface area contributed by atoms with Crippen LogP contribution >= 0.6 is 7.82 Å².